The lowest BCUT2D eigenvalue weighted by Gasteiger charge is -2.37. The number of nitrogens with one attached hydrogen (secondary N) is 2. The average molecular weight is 417 g/mol. The molecule has 0 atom stereocenters. The van der Waals surface area contributed by atoms with E-state index in [9.17, 15) is 9.59 Å². The Morgan fingerprint density at radius 1 is 1.17 bits per heavy atom. The van der Waals surface area contributed by atoms with E-state index in [0.29, 0.717) is 22.3 Å². The number of rotatable bonds is 5. The van der Waals surface area contributed by atoms with Crippen molar-refractivity contribution in [1.82, 2.24) is 20.4 Å². The molecule has 2 saturated heterocycles. The van der Waals surface area contributed by atoms with Gasteiger partial charge >= 0.3 is 0 Å². The highest BCUT2D eigenvalue weighted by atomic mass is 35.5. The Bertz CT molecular complexity index is 898. The number of benzene rings is 1. The molecular weight excluding hydrogens is 390 g/mol. The molecule has 0 aliphatic carbocycles. The number of carbonyl (C=O) groups excluding carboxylic acids is 2. The van der Waals surface area contributed by atoms with Gasteiger partial charge < -0.3 is 16.0 Å². The van der Waals surface area contributed by atoms with Crippen LogP contribution >= 0.6 is 11.6 Å². The number of likely N-dealkylation sites (tertiary alicyclic amines) is 1. The zero-order valence-electron chi connectivity index (χ0n) is 16.4. The van der Waals surface area contributed by atoms with Crippen molar-refractivity contribution in [3.63, 3.8) is 0 Å². The van der Waals surface area contributed by atoms with E-state index in [0.717, 1.165) is 56.4 Å². The second-order valence-electron chi connectivity index (χ2n) is 8.10. The van der Waals surface area contributed by atoms with Crippen LogP contribution in [0.15, 0.2) is 12.1 Å². The van der Waals surface area contributed by atoms with E-state index in [2.05, 4.69) is 15.5 Å². The molecule has 0 unspecified atom stereocenters. The maximum atomic E-state index is 12.7. The van der Waals surface area contributed by atoms with Gasteiger partial charge in [0.25, 0.3) is 5.91 Å². The normalized spacial score (nSPS) is 19.0. The molecule has 4 rings (SSSR count). The fourth-order valence-electron chi connectivity index (χ4n) is 4.68. The number of halogens is 1. The van der Waals surface area contributed by atoms with Crippen molar-refractivity contribution in [2.45, 2.75) is 32.1 Å². The molecule has 1 aromatic heterocycles. The van der Waals surface area contributed by atoms with Gasteiger partial charge in [0.05, 0.1) is 17.0 Å². The van der Waals surface area contributed by atoms with E-state index in [4.69, 9.17) is 17.3 Å². The summed E-state index contributed by atoms with van der Waals surface area (Å²) in [6, 6.07) is 3.61. The molecule has 4 N–H and O–H groups in total. The van der Waals surface area contributed by atoms with Gasteiger partial charge in [-0.25, -0.2) is 0 Å². The van der Waals surface area contributed by atoms with Gasteiger partial charge in [-0.15, -0.1) is 0 Å². The molecule has 7 nitrogen and oxygen atoms in total. The second kappa shape index (κ2) is 8.71. The standard InChI is InChI=1S/C21H27ClN5O2/c22-17-12-13(11-16-19(17)25-26-20(16)21(23)29)1-2-18(28)27-9-5-15(6-10-27)14-3-7-24-8-4-14/h2,11-12,14-15,24H,1,3-10H2,(H2,23,29)(H,25,26). The number of fused-ring (bicyclic) bond motifs is 1. The summed E-state index contributed by atoms with van der Waals surface area (Å²) in [6.07, 6.45) is 6.86. The number of amides is 2. The van der Waals surface area contributed by atoms with Crippen LogP contribution in [-0.2, 0) is 11.2 Å². The van der Waals surface area contributed by atoms with Crippen molar-refractivity contribution in [3.05, 3.63) is 34.8 Å². The van der Waals surface area contributed by atoms with Gasteiger partial charge in [-0.05, 0) is 74.7 Å². The third-order valence-corrected chi connectivity index (χ3v) is 6.63. The number of nitrogens with two attached hydrogens (primary N) is 1. The fourth-order valence-corrected chi connectivity index (χ4v) is 4.97. The lowest BCUT2D eigenvalue weighted by atomic mass is 9.79. The molecule has 2 aromatic rings. The quantitative estimate of drug-likeness (QED) is 0.695. The Kier molecular flexibility index (Phi) is 6.06. The summed E-state index contributed by atoms with van der Waals surface area (Å²) in [7, 11) is 0. The molecule has 2 aliphatic heterocycles. The third kappa shape index (κ3) is 4.41. The summed E-state index contributed by atoms with van der Waals surface area (Å²) in [5, 5.41) is 11.1. The third-order valence-electron chi connectivity index (χ3n) is 6.33. The number of hydrogen-bond acceptors (Lipinski definition) is 4. The number of aromatic nitrogens is 2. The number of carbonyl (C=O) groups is 2. The van der Waals surface area contributed by atoms with Crippen molar-refractivity contribution in [2.24, 2.45) is 17.6 Å². The fraction of sp³-hybridized carbons (Fsp3) is 0.524. The van der Waals surface area contributed by atoms with E-state index in [1.165, 1.54) is 12.8 Å². The molecule has 2 aliphatic rings. The highest BCUT2D eigenvalue weighted by molar-refractivity contribution is 6.35. The van der Waals surface area contributed by atoms with Crippen LogP contribution < -0.4 is 11.1 Å². The number of nitrogens with zero attached hydrogens (tertiary/aromatic N) is 2. The Hall–Kier alpha value is -2.12. The molecule has 0 saturated carbocycles. The van der Waals surface area contributed by atoms with Crippen LogP contribution in [0.3, 0.4) is 0 Å². The summed E-state index contributed by atoms with van der Waals surface area (Å²) >= 11 is 6.30. The second-order valence-corrected chi connectivity index (χ2v) is 8.50. The minimum absolute atomic E-state index is 0.0623. The number of piperidine rings is 2. The predicted molar refractivity (Wildman–Crippen MR) is 113 cm³/mol. The molecule has 155 valence electrons. The Morgan fingerprint density at radius 3 is 2.55 bits per heavy atom. The van der Waals surface area contributed by atoms with Crippen molar-refractivity contribution >= 4 is 34.3 Å². The monoisotopic (exact) mass is 416 g/mol. The maximum absolute atomic E-state index is 12.7. The van der Waals surface area contributed by atoms with Crippen LogP contribution in [0.25, 0.3) is 10.9 Å². The first-order chi connectivity index (χ1) is 14.0. The Morgan fingerprint density at radius 2 is 1.86 bits per heavy atom. The molecule has 3 heterocycles. The topological polar surface area (TPSA) is 104 Å². The minimum Gasteiger partial charge on any atom is -0.364 e. The lowest BCUT2D eigenvalue weighted by molar-refractivity contribution is -0.129. The molecular formula is C21H27ClN5O2. The number of H-pyrrole nitrogens is 1. The van der Waals surface area contributed by atoms with E-state index in [1.54, 1.807) is 12.5 Å². The van der Waals surface area contributed by atoms with Crippen LogP contribution in [0.2, 0.25) is 5.02 Å². The van der Waals surface area contributed by atoms with Gasteiger partial charge in [0.1, 0.15) is 0 Å². The van der Waals surface area contributed by atoms with Crippen molar-refractivity contribution < 1.29 is 9.59 Å². The Balaban J connectivity index is 1.34. The van der Waals surface area contributed by atoms with Crippen LogP contribution in [0, 0.1) is 18.3 Å². The van der Waals surface area contributed by atoms with Crippen LogP contribution in [0.4, 0.5) is 0 Å². The van der Waals surface area contributed by atoms with E-state index in [1.807, 2.05) is 11.0 Å². The van der Waals surface area contributed by atoms with Crippen molar-refractivity contribution in [2.75, 3.05) is 26.2 Å². The number of aromatic amines is 1. The molecule has 29 heavy (non-hydrogen) atoms. The molecule has 0 spiro atoms. The molecule has 1 aromatic carbocycles. The SMILES string of the molecule is NC(=O)c1n[nH]c2c(Cl)cc(C[CH]C(=O)N3CCC(C4CCNCC4)CC3)cc12. The van der Waals surface area contributed by atoms with E-state index < -0.39 is 5.91 Å². The summed E-state index contributed by atoms with van der Waals surface area (Å²) in [5.41, 5.74) is 6.97. The Labute approximate surface area is 175 Å². The summed E-state index contributed by atoms with van der Waals surface area (Å²) in [4.78, 5) is 26.1. The highest BCUT2D eigenvalue weighted by Crippen LogP contribution is 2.31. The van der Waals surface area contributed by atoms with Crippen LogP contribution in [-0.4, -0.2) is 53.1 Å². The highest BCUT2D eigenvalue weighted by Gasteiger charge is 2.29. The summed E-state index contributed by atoms with van der Waals surface area (Å²) in [5.74, 6) is 1.00. The predicted octanol–water partition coefficient (Wildman–Crippen LogP) is 2.30. The van der Waals surface area contributed by atoms with Gasteiger partial charge in [-0.2, -0.15) is 5.10 Å². The number of hydrogen-bond donors (Lipinski definition) is 3. The van der Waals surface area contributed by atoms with E-state index >= 15 is 0 Å². The maximum Gasteiger partial charge on any atom is 0.269 e. The first-order valence-electron chi connectivity index (χ1n) is 10.3. The first kappa shape index (κ1) is 20.2. The van der Waals surface area contributed by atoms with Gasteiger partial charge in [0.15, 0.2) is 5.69 Å². The minimum atomic E-state index is -0.610. The first-order valence-corrected chi connectivity index (χ1v) is 10.7. The zero-order valence-corrected chi connectivity index (χ0v) is 17.2. The van der Waals surface area contributed by atoms with E-state index in [-0.39, 0.29) is 11.6 Å². The van der Waals surface area contributed by atoms with Crippen molar-refractivity contribution in [1.29, 1.82) is 0 Å². The molecule has 1 radical (unpaired) electrons. The number of primary amides is 1. The summed E-state index contributed by atoms with van der Waals surface area (Å²) in [6.45, 7) is 3.91. The molecule has 8 heteroatoms. The van der Waals surface area contributed by atoms with Gasteiger partial charge in [-0.3, -0.25) is 14.7 Å². The van der Waals surface area contributed by atoms with Crippen molar-refractivity contribution in [3.8, 4) is 0 Å². The van der Waals surface area contributed by atoms with Crippen LogP contribution in [0.5, 0.6) is 0 Å². The average Bonchev–Trinajstić information content (AvgIpc) is 3.18. The smallest absolute Gasteiger partial charge is 0.269 e. The van der Waals surface area contributed by atoms with Gasteiger partial charge in [0, 0.05) is 18.5 Å². The molecule has 0 bridgehead atoms. The van der Waals surface area contributed by atoms with Gasteiger partial charge in [-0.1, -0.05) is 11.6 Å². The largest absolute Gasteiger partial charge is 0.364 e. The lowest BCUT2D eigenvalue weighted by Crippen LogP contribution is -2.42. The zero-order chi connectivity index (χ0) is 20.4. The molecule has 2 fully saturated rings. The summed E-state index contributed by atoms with van der Waals surface area (Å²) < 4.78 is 0. The van der Waals surface area contributed by atoms with Gasteiger partial charge in [0.2, 0.25) is 5.91 Å². The molecule has 2 amide bonds. The van der Waals surface area contributed by atoms with Crippen LogP contribution in [0.1, 0.15) is 41.7 Å².